The highest BCUT2D eigenvalue weighted by molar-refractivity contribution is 6.37. The summed E-state index contributed by atoms with van der Waals surface area (Å²) in [5.41, 5.74) is 2.24. The number of oxime groups is 1. The molecular formula is C28H23Cl2F2N3O2. The molecule has 37 heavy (non-hydrogen) atoms. The molecule has 0 saturated heterocycles. The van der Waals surface area contributed by atoms with Gasteiger partial charge in [-0.25, -0.2) is 8.78 Å². The molecule has 4 aromatic rings. The molecule has 9 heteroatoms. The minimum absolute atomic E-state index is 0.00165. The van der Waals surface area contributed by atoms with Gasteiger partial charge < -0.3 is 9.74 Å². The van der Waals surface area contributed by atoms with Crippen LogP contribution in [0.3, 0.4) is 0 Å². The summed E-state index contributed by atoms with van der Waals surface area (Å²) in [6.45, 7) is 0.874. The topological polar surface area (TPSA) is 46.8 Å². The molecule has 0 atom stereocenters. The molecule has 0 aliphatic rings. The Morgan fingerprint density at radius 1 is 0.946 bits per heavy atom. The van der Waals surface area contributed by atoms with E-state index in [1.54, 1.807) is 18.2 Å². The average molecular weight is 542 g/mol. The van der Waals surface area contributed by atoms with Crippen molar-refractivity contribution in [2.75, 3.05) is 14.1 Å². The second kappa shape index (κ2) is 11.7. The summed E-state index contributed by atoms with van der Waals surface area (Å²) in [6, 6.07) is 18.6. The summed E-state index contributed by atoms with van der Waals surface area (Å²) in [4.78, 5) is 20.4. The fourth-order valence-electron chi connectivity index (χ4n) is 3.81. The molecule has 3 aromatic carbocycles. The van der Waals surface area contributed by atoms with Crippen molar-refractivity contribution in [1.82, 2.24) is 9.47 Å². The molecule has 1 heterocycles. The highest BCUT2D eigenvalue weighted by Gasteiger charge is 2.17. The van der Waals surface area contributed by atoms with Gasteiger partial charge in [0.15, 0.2) is 0 Å². The van der Waals surface area contributed by atoms with Crippen LogP contribution < -0.4 is 5.56 Å². The summed E-state index contributed by atoms with van der Waals surface area (Å²) < 4.78 is 29.8. The van der Waals surface area contributed by atoms with E-state index in [0.717, 1.165) is 29.8 Å². The SMILES string of the molecule is CN(C)Cc1cccc(CON=C(c2ccc(=O)n(-c3c(Cl)cccc3Cl)c2)c2ccc(F)cc2F)c1. The standard InChI is InChI=1S/C28H23Cl2F2N3O2/c1-34(2)15-18-5-3-6-19(13-18)17-37-33-27(22-11-10-21(31)14-25(22)32)20-9-12-26(36)35(16-20)28-23(29)7-4-8-24(28)30/h3-14,16H,15,17H2,1-2H3. The zero-order valence-electron chi connectivity index (χ0n) is 20.1. The molecule has 0 aliphatic heterocycles. The number of aromatic nitrogens is 1. The van der Waals surface area contributed by atoms with E-state index >= 15 is 0 Å². The summed E-state index contributed by atoms with van der Waals surface area (Å²) in [6.07, 6.45) is 1.44. The maximum atomic E-state index is 14.9. The van der Waals surface area contributed by atoms with Gasteiger partial charge >= 0.3 is 0 Å². The third-order valence-electron chi connectivity index (χ3n) is 5.43. The normalized spacial score (nSPS) is 11.7. The van der Waals surface area contributed by atoms with Crippen LogP contribution in [0.1, 0.15) is 22.3 Å². The lowest BCUT2D eigenvalue weighted by atomic mass is 10.0. The molecule has 0 amide bonds. The molecule has 0 fully saturated rings. The zero-order valence-corrected chi connectivity index (χ0v) is 21.6. The maximum absolute atomic E-state index is 14.9. The summed E-state index contributed by atoms with van der Waals surface area (Å²) in [5, 5.41) is 4.73. The lowest BCUT2D eigenvalue weighted by molar-refractivity contribution is 0.130. The first kappa shape index (κ1) is 26.5. The third-order valence-corrected chi connectivity index (χ3v) is 6.04. The van der Waals surface area contributed by atoms with Gasteiger partial charge in [-0.1, -0.05) is 58.7 Å². The predicted octanol–water partition coefficient (Wildman–Crippen LogP) is 6.45. The molecule has 0 bridgehead atoms. The fourth-order valence-corrected chi connectivity index (χ4v) is 4.39. The maximum Gasteiger partial charge on any atom is 0.255 e. The Morgan fingerprint density at radius 2 is 1.65 bits per heavy atom. The number of hydrogen-bond donors (Lipinski definition) is 0. The van der Waals surface area contributed by atoms with Crippen LogP contribution in [0.5, 0.6) is 0 Å². The Kier molecular flexibility index (Phi) is 8.38. The van der Waals surface area contributed by atoms with Crippen LogP contribution in [0.4, 0.5) is 8.78 Å². The molecule has 5 nitrogen and oxygen atoms in total. The van der Waals surface area contributed by atoms with Crippen LogP contribution in [0.25, 0.3) is 5.69 Å². The van der Waals surface area contributed by atoms with Crippen molar-refractivity contribution in [1.29, 1.82) is 0 Å². The Labute approximate surface area is 223 Å². The minimum atomic E-state index is -0.830. The van der Waals surface area contributed by atoms with Gasteiger partial charge in [0.05, 0.1) is 15.7 Å². The molecule has 0 saturated carbocycles. The van der Waals surface area contributed by atoms with Crippen LogP contribution >= 0.6 is 23.2 Å². The van der Waals surface area contributed by atoms with Crippen LogP contribution in [-0.4, -0.2) is 29.3 Å². The Morgan fingerprint density at radius 3 is 2.35 bits per heavy atom. The summed E-state index contributed by atoms with van der Waals surface area (Å²) in [7, 11) is 3.96. The van der Waals surface area contributed by atoms with E-state index < -0.39 is 17.2 Å². The van der Waals surface area contributed by atoms with E-state index in [1.165, 1.54) is 29.0 Å². The van der Waals surface area contributed by atoms with E-state index in [2.05, 4.69) is 5.16 Å². The van der Waals surface area contributed by atoms with Gasteiger partial charge in [-0.05, 0) is 55.6 Å². The summed E-state index contributed by atoms with van der Waals surface area (Å²) in [5.74, 6) is -1.56. The molecule has 0 N–H and O–H groups in total. The van der Waals surface area contributed by atoms with Crippen molar-refractivity contribution < 1.29 is 13.6 Å². The third kappa shape index (κ3) is 6.43. The van der Waals surface area contributed by atoms with Crippen molar-refractivity contribution in [3.8, 4) is 5.69 Å². The van der Waals surface area contributed by atoms with Crippen molar-refractivity contribution in [3.63, 3.8) is 0 Å². The van der Waals surface area contributed by atoms with Crippen molar-refractivity contribution in [3.05, 3.63) is 133 Å². The number of pyridine rings is 1. The first-order chi connectivity index (χ1) is 17.7. The molecular weight excluding hydrogens is 519 g/mol. The van der Waals surface area contributed by atoms with Gasteiger partial charge in [0.25, 0.3) is 5.56 Å². The number of benzene rings is 3. The van der Waals surface area contributed by atoms with Crippen LogP contribution in [0, 0.1) is 11.6 Å². The van der Waals surface area contributed by atoms with E-state index in [4.69, 9.17) is 28.0 Å². The number of para-hydroxylation sites is 1. The van der Waals surface area contributed by atoms with Gasteiger partial charge in [-0.15, -0.1) is 0 Å². The highest BCUT2D eigenvalue weighted by atomic mass is 35.5. The van der Waals surface area contributed by atoms with E-state index in [0.29, 0.717) is 5.56 Å². The second-order valence-electron chi connectivity index (χ2n) is 8.59. The molecule has 1 aromatic heterocycles. The van der Waals surface area contributed by atoms with Gasteiger partial charge in [0, 0.05) is 36.0 Å². The van der Waals surface area contributed by atoms with E-state index in [9.17, 15) is 13.6 Å². The number of rotatable bonds is 8. The summed E-state index contributed by atoms with van der Waals surface area (Å²) >= 11 is 12.6. The van der Waals surface area contributed by atoms with E-state index in [1.807, 2.05) is 43.3 Å². The van der Waals surface area contributed by atoms with Gasteiger partial charge in [-0.2, -0.15) is 0 Å². The number of nitrogens with zero attached hydrogens (tertiary/aromatic N) is 3. The molecule has 4 rings (SSSR count). The quantitative estimate of drug-likeness (QED) is 0.190. The van der Waals surface area contributed by atoms with Crippen molar-refractivity contribution in [2.24, 2.45) is 5.16 Å². The fraction of sp³-hybridized carbons (Fsp3) is 0.143. The van der Waals surface area contributed by atoms with Crippen LogP contribution in [0.15, 0.2) is 88.9 Å². The molecule has 190 valence electrons. The first-order valence-electron chi connectivity index (χ1n) is 11.3. The minimum Gasteiger partial charge on any atom is -0.390 e. The monoisotopic (exact) mass is 541 g/mol. The van der Waals surface area contributed by atoms with E-state index in [-0.39, 0.29) is 33.6 Å². The van der Waals surface area contributed by atoms with Gasteiger partial charge in [-0.3, -0.25) is 9.36 Å². The lowest BCUT2D eigenvalue weighted by Gasteiger charge is -2.14. The van der Waals surface area contributed by atoms with Crippen LogP contribution in [-0.2, 0) is 18.0 Å². The first-order valence-corrected chi connectivity index (χ1v) is 12.0. The predicted molar refractivity (Wildman–Crippen MR) is 143 cm³/mol. The molecule has 0 unspecified atom stereocenters. The number of hydrogen-bond acceptors (Lipinski definition) is 4. The lowest BCUT2D eigenvalue weighted by Crippen LogP contribution is -2.20. The zero-order chi connectivity index (χ0) is 26.5. The average Bonchev–Trinajstić information content (AvgIpc) is 2.83. The van der Waals surface area contributed by atoms with Gasteiger partial charge in [0.2, 0.25) is 0 Å². The molecule has 0 aliphatic carbocycles. The van der Waals surface area contributed by atoms with Crippen LogP contribution in [0.2, 0.25) is 10.0 Å². The Bertz CT molecular complexity index is 1500. The van der Waals surface area contributed by atoms with Gasteiger partial charge in [0.1, 0.15) is 24.0 Å². The largest absolute Gasteiger partial charge is 0.390 e. The highest BCUT2D eigenvalue weighted by Crippen LogP contribution is 2.28. The number of halogens is 4. The molecule has 0 radical (unpaired) electrons. The Hall–Kier alpha value is -3.52. The Balaban J connectivity index is 1.75. The van der Waals surface area contributed by atoms with Crippen molar-refractivity contribution >= 4 is 28.9 Å². The smallest absolute Gasteiger partial charge is 0.255 e. The molecule has 0 spiro atoms. The second-order valence-corrected chi connectivity index (χ2v) is 9.41. The van der Waals surface area contributed by atoms with Crippen molar-refractivity contribution in [2.45, 2.75) is 13.2 Å².